The first kappa shape index (κ1) is 35.3. The van der Waals surface area contributed by atoms with Crippen LogP contribution >= 0.6 is 11.6 Å². The summed E-state index contributed by atoms with van der Waals surface area (Å²) in [5, 5.41) is 13.4. The van der Waals surface area contributed by atoms with Gasteiger partial charge in [0, 0.05) is 38.4 Å². The maximum absolute atomic E-state index is 15.0. The highest BCUT2D eigenvalue weighted by molar-refractivity contribution is 6.32. The van der Waals surface area contributed by atoms with E-state index in [0.717, 1.165) is 40.7 Å². The highest BCUT2D eigenvalue weighted by Crippen LogP contribution is 2.44. The largest absolute Gasteiger partial charge is 0.490 e. The van der Waals surface area contributed by atoms with Crippen LogP contribution in [0, 0.1) is 32.6 Å². The summed E-state index contributed by atoms with van der Waals surface area (Å²) >= 11 is 6.36. The predicted molar refractivity (Wildman–Crippen MR) is 191 cm³/mol. The van der Waals surface area contributed by atoms with E-state index in [4.69, 9.17) is 21.1 Å². The standard InChI is InChI=1S/C40H44ClN3O6/c1-26-8-4-5-9-30(26)24-43(32-15-16-32)39(48)40-19-7-10-31(42-40)25-44(36(45)11-6-12-37(46)47)38(40)29-13-17-33(18-14-29)49-20-21-50-35-23-28(3)27(2)22-34(35)41/h4-5,8-9,13-14,17-18,22-23,31-32,38,42H,6,11-12,15-16,19-21,24-25H2,1-3H3,(H,46,47)/t31-,38?,40+/m0/s1. The Kier molecular flexibility index (Phi) is 10.7. The molecule has 10 heteroatoms. The average molecular weight is 698 g/mol. The first-order valence-electron chi connectivity index (χ1n) is 17.3. The Bertz CT molecular complexity index is 1810. The van der Waals surface area contributed by atoms with Gasteiger partial charge in [-0.05, 0) is 92.1 Å². The normalized spacial score (nSPS) is 20.8. The fourth-order valence-corrected chi connectivity index (χ4v) is 7.22. The van der Waals surface area contributed by atoms with Gasteiger partial charge in [-0.2, -0.15) is 0 Å². The Morgan fingerprint density at radius 1 is 0.980 bits per heavy atom. The fraction of sp³-hybridized carbons (Fsp3) is 0.425. The van der Waals surface area contributed by atoms with Crippen molar-refractivity contribution in [3.63, 3.8) is 0 Å². The molecule has 1 saturated carbocycles. The number of hydrogen-bond acceptors (Lipinski definition) is 6. The molecule has 2 amide bonds. The van der Waals surface area contributed by atoms with Crippen molar-refractivity contribution >= 4 is 29.4 Å². The molecule has 262 valence electrons. The number of benzene rings is 3. The molecule has 9 nitrogen and oxygen atoms in total. The van der Waals surface area contributed by atoms with E-state index in [1.807, 2.05) is 67.3 Å². The lowest BCUT2D eigenvalue weighted by Crippen LogP contribution is -2.73. The number of piperazine rings is 1. The summed E-state index contributed by atoms with van der Waals surface area (Å²) in [4.78, 5) is 44.0. The third-order valence-electron chi connectivity index (χ3n) is 9.92. The number of ether oxygens (including phenoxy) is 2. The summed E-state index contributed by atoms with van der Waals surface area (Å²) < 4.78 is 11.9. The van der Waals surface area contributed by atoms with Gasteiger partial charge in [0.25, 0.3) is 0 Å². The number of hydrogen-bond donors (Lipinski definition) is 2. The third-order valence-corrected chi connectivity index (χ3v) is 10.2. The van der Waals surface area contributed by atoms with Crippen molar-refractivity contribution in [3.05, 3.63) is 93.5 Å². The van der Waals surface area contributed by atoms with Gasteiger partial charge in [0.15, 0.2) is 0 Å². The highest BCUT2D eigenvalue weighted by Gasteiger charge is 2.57. The predicted octanol–water partition coefficient (Wildman–Crippen LogP) is 6.16. The SMILES string of the molecule is Cc1cc(Cl)c(OCCOc2ccc(C3N(C(=O)CCCC(=O)O)C[C@@H]4C#CC[C@@]3(C(=O)N(Cc3ccccc3C)C3CC3)N4)cc2)cc1C. The number of rotatable bonds is 14. The molecule has 6 rings (SSSR count). The topological polar surface area (TPSA) is 108 Å². The van der Waals surface area contributed by atoms with Crippen LogP contribution in [0.25, 0.3) is 0 Å². The van der Waals surface area contributed by atoms with Crippen LogP contribution in [0.1, 0.15) is 72.4 Å². The van der Waals surface area contributed by atoms with Crippen molar-refractivity contribution in [2.75, 3.05) is 19.8 Å². The number of halogens is 1. The highest BCUT2D eigenvalue weighted by atomic mass is 35.5. The molecule has 1 unspecified atom stereocenters. The summed E-state index contributed by atoms with van der Waals surface area (Å²) in [7, 11) is 0. The van der Waals surface area contributed by atoms with Crippen LogP contribution in [-0.2, 0) is 20.9 Å². The van der Waals surface area contributed by atoms with Crippen LogP contribution in [0.5, 0.6) is 11.5 Å². The van der Waals surface area contributed by atoms with Crippen molar-refractivity contribution in [1.29, 1.82) is 0 Å². The van der Waals surface area contributed by atoms with Crippen LogP contribution in [0.15, 0.2) is 60.7 Å². The first-order chi connectivity index (χ1) is 24.1. The molecule has 1 aliphatic carbocycles. The molecule has 2 N–H and O–H groups in total. The number of amides is 2. The molecule has 50 heavy (non-hydrogen) atoms. The maximum Gasteiger partial charge on any atom is 0.303 e. The second kappa shape index (κ2) is 15.2. The van der Waals surface area contributed by atoms with E-state index in [1.54, 1.807) is 4.90 Å². The number of carbonyl (C=O) groups is 3. The second-order valence-corrected chi connectivity index (χ2v) is 14.0. The number of carboxylic acids is 1. The van der Waals surface area contributed by atoms with Gasteiger partial charge in [0.1, 0.15) is 30.3 Å². The number of fused-ring (bicyclic) bond motifs is 2. The number of carbonyl (C=O) groups excluding carboxylic acids is 2. The van der Waals surface area contributed by atoms with Crippen LogP contribution in [0.2, 0.25) is 5.02 Å². The Morgan fingerprint density at radius 2 is 1.70 bits per heavy atom. The number of aliphatic carboxylic acids is 1. The smallest absolute Gasteiger partial charge is 0.303 e. The number of aryl methyl sites for hydroxylation is 3. The zero-order valence-corrected chi connectivity index (χ0v) is 29.6. The van der Waals surface area contributed by atoms with E-state index < -0.39 is 17.6 Å². The average Bonchev–Trinajstić information content (AvgIpc) is 3.94. The lowest BCUT2D eigenvalue weighted by atomic mass is 9.75. The molecule has 3 atom stereocenters. The van der Waals surface area contributed by atoms with Gasteiger partial charge in [-0.3, -0.25) is 19.7 Å². The van der Waals surface area contributed by atoms with Crippen LogP contribution in [0.3, 0.4) is 0 Å². The molecule has 0 spiro atoms. The zero-order valence-electron chi connectivity index (χ0n) is 28.8. The maximum atomic E-state index is 15.0. The zero-order chi connectivity index (χ0) is 35.4. The van der Waals surface area contributed by atoms with Gasteiger partial charge in [0.05, 0.1) is 17.1 Å². The Morgan fingerprint density at radius 3 is 2.42 bits per heavy atom. The van der Waals surface area contributed by atoms with Gasteiger partial charge in [-0.1, -0.05) is 59.8 Å². The molecular weight excluding hydrogens is 654 g/mol. The minimum atomic E-state index is -1.19. The molecule has 3 aliphatic rings. The molecule has 0 aromatic heterocycles. The van der Waals surface area contributed by atoms with Crippen molar-refractivity contribution in [3.8, 4) is 23.3 Å². The van der Waals surface area contributed by atoms with Crippen molar-refractivity contribution < 1.29 is 29.0 Å². The lowest BCUT2D eigenvalue weighted by Gasteiger charge is -2.53. The molecule has 2 fully saturated rings. The van der Waals surface area contributed by atoms with Gasteiger partial charge >= 0.3 is 5.97 Å². The number of carboxylic acid groups (broad SMARTS) is 1. The molecule has 2 bridgehead atoms. The van der Waals surface area contributed by atoms with E-state index in [9.17, 15) is 14.7 Å². The summed E-state index contributed by atoms with van der Waals surface area (Å²) in [6.45, 7) is 7.41. The summed E-state index contributed by atoms with van der Waals surface area (Å²) in [6.07, 6.45) is 2.26. The monoisotopic (exact) mass is 697 g/mol. The lowest BCUT2D eigenvalue weighted by molar-refractivity contribution is -0.151. The summed E-state index contributed by atoms with van der Waals surface area (Å²) in [5.74, 6) is 6.48. The first-order valence-corrected chi connectivity index (χ1v) is 17.7. The van der Waals surface area contributed by atoms with Crippen LogP contribution < -0.4 is 14.8 Å². The molecule has 3 aromatic carbocycles. The molecular formula is C40H44ClN3O6. The third kappa shape index (κ3) is 7.77. The van der Waals surface area contributed by atoms with E-state index >= 15 is 4.79 Å². The van der Waals surface area contributed by atoms with Crippen molar-refractivity contribution in [1.82, 2.24) is 15.1 Å². The Labute approximate surface area is 298 Å². The molecule has 0 radical (unpaired) electrons. The Balaban J connectivity index is 1.26. The van der Waals surface area contributed by atoms with E-state index in [0.29, 0.717) is 29.7 Å². The Hall–Kier alpha value is -4.52. The van der Waals surface area contributed by atoms with E-state index in [2.05, 4.69) is 36.2 Å². The van der Waals surface area contributed by atoms with Crippen LogP contribution in [0.4, 0.5) is 0 Å². The van der Waals surface area contributed by atoms with Gasteiger partial charge < -0.3 is 24.4 Å². The molecule has 2 aliphatic heterocycles. The number of nitrogens with zero attached hydrogens (tertiary/aromatic N) is 2. The second-order valence-electron chi connectivity index (χ2n) is 13.6. The summed E-state index contributed by atoms with van der Waals surface area (Å²) in [5.41, 5.74) is 3.97. The van der Waals surface area contributed by atoms with Crippen molar-refractivity contribution in [2.45, 2.75) is 89.5 Å². The van der Waals surface area contributed by atoms with Gasteiger partial charge in [-0.15, -0.1) is 0 Å². The fourth-order valence-electron chi connectivity index (χ4n) is 6.95. The van der Waals surface area contributed by atoms with Gasteiger partial charge in [-0.25, -0.2) is 0 Å². The van der Waals surface area contributed by atoms with Gasteiger partial charge in [0.2, 0.25) is 11.8 Å². The minimum Gasteiger partial charge on any atom is -0.490 e. The molecule has 2 heterocycles. The molecule has 3 aromatic rings. The molecule has 1 saturated heterocycles. The quantitative estimate of drug-likeness (QED) is 0.154. The summed E-state index contributed by atoms with van der Waals surface area (Å²) in [6, 6.07) is 18.5. The minimum absolute atomic E-state index is 0.0640. The van der Waals surface area contributed by atoms with E-state index in [1.165, 1.54) is 0 Å². The number of nitrogens with one attached hydrogen (secondary N) is 1. The van der Waals surface area contributed by atoms with Crippen LogP contribution in [-0.4, -0.2) is 70.1 Å². The van der Waals surface area contributed by atoms with E-state index in [-0.39, 0.29) is 62.7 Å². The van der Waals surface area contributed by atoms with Crippen molar-refractivity contribution in [2.24, 2.45) is 0 Å².